The van der Waals surface area contributed by atoms with Crippen LogP contribution >= 0.6 is 0 Å². The molecular weight excluding hydrogens is 256 g/mol. The van der Waals surface area contributed by atoms with Gasteiger partial charge in [0.05, 0.1) is 0 Å². The Morgan fingerprint density at radius 2 is 2.15 bits per heavy atom. The first-order chi connectivity index (χ1) is 9.53. The molecule has 0 aromatic heterocycles. The van der Waals surface area contributed by atoms with Crippen LogP contribution in [0.4, 0.5) is 0 Å². The van der Waals surface area contributed by atoms with Crippen molar-refractivity contribution >= 4 is 11.8 Å². The van der Waals surface area contributed by atoms with Gasteiger partial charge in [-0.2, -0.15) is 0 Å². The molecular formula is C15H18N2O3. The van der Waals surface area contributed by atoms with Gasteiger partial charge in [0.25, 0.3) is 5.91 Å². The molecule has 0 radical (unpaired) electrons. The van der Waals surface area contributed by atoms with Crippen molar-refractivity contribution in [2.45, 2.75) is 25.7 Å². The first-order valence-corrected chi connectivity index (χ1v) is 6.83. The van der Waals surface area contributed by atoms with Crippen LogP contribution in [-0.2, 0) is 17.6 Å². The lowest BCUT2D eigenvalue weighted by molar-refractivity contribution is -0.126. The summed E-state index contributed by atoms with van der Waals surface area (Å²) in [6.45, 7) is 0.824. The maximum absolute atomic E-state index is 11.8. The van der Waals surface area contributed by atoms with E-state index in [2.05, 4.69) is 0 Å². The molecule has 1 spiro atoms. The molecule has 1 aliphatic carbocycles. The maximum atomic E-state index is 11.8. The highest BCUT2D eigenvalue weighted by Crippen LogP contribution is 2.42. The molecule has 1 fully saturated rings. The number of likely N-dealkylation sites (tertiary alicyclic amines) is 1. The minimum absolute atomic E-state index is 0.0690. The lowest BCUT2D eigenvalue weighted by Gasteiger charge is -2.34. The first-order valence-electron chi connectivity index (χ1n) is 6.83. The molecule has 5 heteroatoms. The van der Waals surface area contributed by atoms with E-state index in [0.717, 1.165) is 31.4 Å². The molecule has 2 amide bonds. The molecule has 1 saturated heterocycles. The predicted octanol–water partition coefficient (Wildman–Crippen LogP) is 1.14. The summed E-state index contributed by atoms with van der Waals surface area (Å²) >= 11 is 0. The van der Waals surface area contributed by atoms with Crippen LogP contribution in [0.2, 0.25) is 0 Å². The lowest BCUT2D eigenvalue weighted by Crippen LogP contribution is -2.32. The maximum Gasteiger partial charge on any atom is 0.274 e. The minimum atomic E-state index is -0.483. The molecule has 20 heavy (non-hydrogen) atoms. The summed E-state index contributed by atoms with van der Waals surface area (Å²) in [6, 6.07) is 5.52. The molecule has 1 unspecified atom stereocenters. The zero-order valence-electron chi connectivity index (χ0n) is 11.5. The molecule has 106 valence electrons. The van der Waals surface area contributed by atoms with E-state index in [4.69, 9.17) is 5.21 Å². The Labute approximate surface area is 117 Å². The monoisotopic (exact) mass is 274 g/mol. The quantitative estimate of drug-likeness (QED) is 0.596. The number of nitrogens with zero attached hydrogens (tertiary/aromatic N) is 1. The Kier molecular flexibility index (Phi) is 3.01. The molecule has 1 aromatic carbocycles. The number of fused-ring (bicyclic) bond motifs is 1. The number of aryl methyl sites for hydroxylation is 1. The van der Waals surface area contributed by atoms with E-state index < -0.39 is 5.91 Å². The Bertz CT molecular complexity index is 584. The van der Waals surface area contributed by atoms with E-state index in [1.807, 2.05) is 24.1 Å². The normalized spacial score (nSPS) is 24.9. The third-order valence-electron chi connectivity index (χ3n) is 4.58. The average Bonchev–Trinajstić information content (AvgIpc) is 2.71. The van der Waals surface area contributed by atoms with Crippen LogP contribution in [0.25, 0.3) is 0 Å². The van der Waals surface area contributed by atoms with Crippen LogP contribution < -0.4 is 5.48 Å². The van der Waals surface area contributed by atoms with Crippen LogP contribution in [0.5, 0.6) is 0 Å². The highest BCUT2D eigenvalue weighted by Gasteiger charge is 2.43. The Hall–Kier alpha value is -1.88. The largest absolute Gasteiger partial charge is 0.345 e. The summed E-state index contributed by atoms with van der Waals surface area (Å²) in [5.74, 6) is -0.256. The van der Waals surface area contributed by atoms with Crippen LogP contribution in [0.3, 0.4) is 0 Å². The second-order valence-electron chi connectivity index (χ2n) is 6.03. The van der Waals surface area contributed by atoms with Crippen LogP contribution in [0.15, 0.2) is 18.2 Å². The molecule has 0 bridgehead atoms. The van der Waals surface area contributed by atoms with Gasteiger partial charge in [-0.1, -0.05) is 6.07 Å². The second kappa shape index (κ2) is 4.59. The van der Waals surface area contributed by atoms with Crippen LogP contribution in [0.1, 0.15) is 34.3 Å². The van der Waals surface area contributed by atoms with Crippen molar-refractivity contribution in [2.75, 3.05) is 13.6 Å². The lowest BCUT2D eigenvalue weighted by atomic mass is 9.71. The van der Waals surface area contributed by atoms with Crippen molar-refractivity contribution < 1.29 is 14.8 Å². The Balaban J connectivity index is 1.86. The van der Waals surface area contributed by atoms with Gasteiger partial charge in [0.1, 0.15) is 0 Å². The molecule has 2 aliphatic rings. The topological polar surface area (TPSA) is 69.6 Å². The summed E-state index contributed by atoms with van der Waals surface area (Å²) < 4.78 is 0. The van der Waals surface area contributed by atoms with E-state index in [1.54, 1.807) is 11.5 Å². The van der Waals surface area contributed by atoms with Gasteiger partial charge in [-0.25, -0.2) is 5.48 Å². The van der Waals surface area contributed by atoms with Gasteiger partial charge in [0, 0.05) is 31.0 Å². The van der Waals surface area contributed by atoms with Crippen LogP contribution in [-0.4, -0.2) is 35.5 Å². The summed E-state index contributed by atoms with van der Waals surface area (Å²) in [5, 5.41) is 8.68. The van der Waals surface area contributed by atoms with Gasteiger partial charge in [-0.3, -0.25) is 14.8 Å². The van der Waals surface area contributed by atoms with E-state index >= 15 is 0 Å². The van der Waals surface area contributed by atoms with Crippen molar-refractivity contribution in [3.63, 3.8) is 0 Å². The number of nitrogens with one attached hydrogen (secondary N) is 1. The molecule has 0 saturated carbocycles. The third kappa shape index (κ3) is 2.08. The summed E-state index contributed by atoms with van der Waals surface area (Å²) in [5.41, 5.74) is 4.57. The number of carbonyl (C=O) groups is 2. The van der Waals surface area contributed by atoms with Gasteiger partial charge in [-0.15, -0.1) is 0 Å². The summed E-state index contributed by atoms with van der Waals surface area (Å²) in [7, 11) is 1.86. The molecule has 1 aromatic rings. The summed E-state index contributed by atoms with van der Waals surface area (Å²) in [6.07, 6.45) is 3.37. The molecule has 1 heterocycles. The predicted molar refractivity (Wildman–Crippen MR) is 72.4 cm³/mol. The zero-order valence-corrected chi connectivity index (χ0v) is 11.5. The van der Waals surface area contributed by atoms with Crippen molar-refractivity contribution in [3.8, 4) is 0 Å². The Morgan fingerprint density at radius 3 is 2.80 bits per heavy atom. The van der Waals surface area contributed by atoms with Crippen molar-refractivity contribution in [3.05, 3.63) is 34.9 Å². The zero-order chi connectivity index (χ0) is 14.3. The SMILES string of the molecule is CN1CC2(CCc3cc(C(=O)NO)ccc3C2)CC1=O. The van der Waals surface area contributed by atoms with E-state index in [9.17, 15) is 9.59 Å². The number of benzene rings is 1. The first kappa shape index (κ1) is 13.1. The number of hydroxylamine groups is 1. The molecule has 1 aliphatic heterocycles. The molecule has 1 atom stereocenters. The number of carbonyl (C=O) groups excluding carboxylic acids is 2. The van der Waals surface area contributed by atoms with E-state index in [0.29, 0.717) is 12.0 Å². The van der Waals surface area contributed by atoms with Crippen LogP contribution in [0, 0.1) is 5.41 Å². The highest BCUT2D eigenvalue weighted by molar-refractivity contribution is 5.93. The second-order valence-corrected chi connectivity index (χ2v) is 6.03. The third-order valence-corrected chi connectivity index (χ3v) is 4.58. The highest BCUT2D eigenvalue weighted by atomic mass is 16.5. The molecule has 5 nitrogen and oxygen atoms in total. The van der Waals surface area contributed by atoms with Gasteiger partial charge in [0.15, 0.2) is 0 Å². The summed E-state index contributed by atoms with van der Waals surface area (Å²) in [4.78, 5) is 25.0. The van der Waals surface area contributed by atoms with Gasteiger partial charge in [-0.05, 0) is 42.5 Å². The number of rotatable bonds is 1. The van der Waals surface area contributed by atoms with Gasteiger partial charge >= 0.3 is 0 Å². The van der Waals surface area contributed by atoms with Gasteiger partial charge < -0.3 is 4.90 Å². The number of amides is 2. The van der Waals surface area contributed by atoms with Crippen molar-refractivity contribution in [1.29, 1.82) is 0 Å². The average molecular weight is 274 g/mol. The van der Waals surface area contributed by atoms with E-state index in [1.165, 1.54) is 5.56 Å². The molecule has 2 N–H and O–H groups in total. The Morgan fingerprint density at radius 1 is 1.35 bits per heavy atom. The minimum Gasteiger partial charge on any atom is -0.345 e. The smallest absolute Gasteiger partial charge is 0.274 e. The number of hydrogen-bond donors (Lipinski definition) is 2. The fourth-order valence-corrected chi connectivity index (χ4v) is 3.52. The van der Waals surface area contributed by atoms with Crippen molar-refractivity contribution in [1.82, 2.24) is 10.4 Å². The number of hydrogen-bond acceptors (Lipinski definition) is 3. The van der Waals surface area contributed by atoms with Crippen molar-refractivity contribution in [2.24, 2.45) is 5.41 Å². The standard InChI is InChI=1S/C15H18N2O3/c1-17-9-15(8-13(17)18)5-4-10-6-11(14(19)16-20)2-3-12(10)7-15/h2-3,6,20H,4-5,7-9H2,1H3,(H,16,19). The molecule has 3 rings (SSSR count). The fourth-order valence-electron chi connectivity index (χ4n) is 3.52. The van der Waals surface area contributed by atoms with Gasteiger partial charge in [0.2, 0.25) is 5.91 Å². The fraction of sp³-hybridized carbons (Fsp3) is 0.467. The van der Waals surface area contributed by atoms with E-state index in [-0.39, 0.29) is 11.3 Å².